The number of halogens is 1. The van der Waals surface area contributed by atoms with Crippen LogP contribution in [0.2, 0.25) is 0 Å². The molecular weight excluding hydrogens is 357 g/mol. The number of nitrogens with zero attached hydrogens (tertiary/aromatic N) is 1. The van der Waals surface area contributed by atoms with Gasteiger partial charge in [0, 0.05) is 16.7 Å². The second-order valence-corrected chi connectivity index (χ2v) is 6.99. The summed E-state index contributed by atoms with van der Waals surface area (Å²) in [5.74, 6) is -1.52. The van der Waals surface area contributed by atoms with Crippen LogP contribution in [0.15, 0.2) is 29.2 Å². The van der Waals surface area contributed by atoms with Crippen LogP contribution < -0.4 is 0 Å². The Hall–Kier alpha value is -0.670. The first-order valence-electron chi connectivity index (χ1n) is 4.90. The highest BCUT2D eigenvalue weighted by Crippen LogP contribution is 2.25. The Kier molecular flexibility index (Phi) is 3.41. The van der Waals surface area contributed by atoms with Crippen LogP contribution in [0.4, 0.5) is 0 Å². The second kappa shape index (κ2) is 4.54. The average Bonchev–Trinajstić information content (AvgIpc) is 2.14. The lowest BCUT2D eigenvalue weighted by Gasteiger charge is -2.35. The molecule has 1 aromatic carbocycles. The Morgan fingerprint density at radius 3 is 2.29 bits per heavy atom. The van der Waals surface area contributed by atoms with Crippen LogP contribution in [0.5, 0.6) is 0 Å². The number of aliphatic carboxylic acids is 1. The van der Waals surface area contributed by atoms with Gasteiger partial charge in [-0.3, -0.25) is 4.79 Å². The van der Waals surface area contributed by atoms with E-state index in [2.05, 4.69) is 22.6 Å². The molecule has 0 amide bonds. The van der Waals surface area contributed by atoms with Crippen molar-refractivity contribution in [3.05, 3.63) is 27.8 Å². The van der Waals surface area contributed by atoms with Crippen LogP contribution in [-0.4, -0.2) is 36.9 Å². The summed E-state index contributed by atoms with van der Waals surface area (Å²) in [7, 11) is -3.52. The van der Waals surface area contributed by atoms with Gasteiger partial charge in [0.05, 0.1) is 10.8 Å². The number of hydrogen-bond donors (Lipinski definition) is 1. The average molecular weight is 367 g/mol. The fourth-order valence-corrected chi connectivity index (χ4v) is 3.44. The minimum atomic E-state index is -3.52. The lowest BCUT2D eigenvalue weighted by molar-refractivity contribution is -0.145. The van der Waals surface area contributed by atoms with E-state index in [1.54, 1.807) is 12.1 Å². The van der Waals surface area contributed by atoms with Crippen molar-refractivity contribution >= 4 is 38.6 Å². The summed E-state index contributed by atoms with van der Waals surface area (Å²) in [6, 6.07) is 6.49. The van der Waals surface area contributed by atoms with Gasteiger partial charge in [-0.1, -0.05) is 0 Å². The van der Waals surface area contributed by atoms with Crippen molar-refractivity contribution in [2.45, 2.75) is 4.90 Å². The van der Waals surface area contributed by atoms with Gasteiger partial charge < -0.3 is 5.11 Å². The third kappa shape index (κ3) is 2.45. The maximum absolute atomic E-state index is 12.0. The van der Waals surface area contributed by atoms with Gasteiger partial charge in [-0.05, 0) is 46.9 Å². The lowest BCUT2D eigenvalue weighted by atomic mass is 10.0. The van der Waals surface area contributed by atoms with Crippen molar-refractivity contribution in [2.75, 3.05) is 13.1 Å². The van der Waals surface area contributed by atoms with Gasteiger partial charge >= 0.3 is 5.97 Å². The molecule has 2 rings (SSSR count). The maximum Gasteiger partial charge on any atom is 0.309 e. The Morgan fingerprint density at radius 2 is 1.82 bits per heavy atom. The van der Waals surface area contributed by atoms with Crippen molar-refractivity contribution in [3.8, 4) is 0 Å². The van der Waals surface area contributed by atoms with Crippen LogP contribution in [0.25, 0.3) is 0 Å². The molecule has 0 saturated carbocycles. The summed E-state index contributed by atoms with van der Waals surface area (Å²) in [4.78, 5) is 10.8. The molecule has 1 N–H and O–H groups in total. The number of sulfonamides is 1. The molecule has 17 heavy (non-hydrogen) atoms. The van der Waals surface area contributed by atoms with Gasteiger partial charge in [-0.2, -0.15) is 4.31 Å². The highest BCUT2D eigenvalue weighted by molar-refractivity contribution is 14.1. The van der Waals surface area contributed by atoms with Gasteiger partial charge in [0.15, 0.2) is 0 Å². The zero-order chi connectivity index (χ0) is 12.6. The van der Waals surface area contributed by atoms with E-state index in [1.807, 2.05) is 0 Å². The van der Waals surface area contributed by atoms with Crippen molar-refractivity contribution in [1.82, 2.24) is 4.31 Å². The normalized spacial score (nSPS) is 17.7. The van der Waals surface area contributed by atoms with Crippen LogP contribution in [-0.2, 0) is 14.8 Å². The molecular formula is C10H10INO4S. The molecule has 0 unspecified atom stereocenters. The van der Waals surface area contributed by atoms with E-state index in [-0.39, 0.29) is 18.0 Å². The number of carboxylic acids is 1. The molecule has 1 aromatic rings. The molecule has 1 fully saturated rings. The van der Waals surface area contributed by atoms with E-state index in [4.69, 9.17) is 5.11 Å². The summed E-state index contributed by atoms with van der Waals surface area (Å²) >= 11 is 2.09. The van der Waals surface area contributed by atoms with Crippen molar-refractivity contribution in [1.29, 1.82) is 0 Å². The highest BCUT2D eigenvalue weighted by Gasteiger charge is 2.40. The van der Waals surface area contributed by atoms with Crippen LogP contribution in [0.1, 0.15) is 0 Å². The predicted molar refractivity (Wildman–Crippen MR) is 69.0 cm³/mol. The number of carboxylic acid groups (broad SMARTS) is 1. The molecule has 1 heterocycles. The number of rotatable bonds is 3. The lowest BCUT2D eigenvalue weighted by Crippen LogP contribution is -2.52. The van der Waals surface area contributed by atoms with E-state index in [0.717, 1.165) is 3.57 Å². The van der Waals surface area contributed by atoms with Gasteiger partial charge in [0.1, 0.15) is 0 Å². The topological polar surface area (TPSA) is 74.7 Å². The number of carbonyl (C=O) groups is 1. The summed E-state index contributed by atoms with van der Waals surface area (Å²) in [5.41, 5.74) is 0. The minimum absolute atomic E-state index is 0.0592. The van der Waals surface area contributed by atoms with Crippen molar-refractivity contribution in [3.63, 3.8) is 0 Å². The molecule has 0 atom stereocenters. The fraction of sp³-hybridized carbons (Fsp3) is 0.300. The van der Waals surface area contributed by atoms with E-state index in [9.17, 15) is 13.2 Å². The van der Waals surface area contributed by atoms with Gasteiger partial charge in [-0.25, -0.2) is 8.42 Å². The number of hydrogen-bond acceptors (Lipinski definition) is 3. The fourth-order valence-electron chi connectivity index (χ4n) is 1.55. The minimum Gasteiger partial charge on any atom is -0.481 e. The van der Waals surface area contributed by atoms with Gasteiger partial charge in [0.2, 0.25) is 10.0 Å². The molecule has 1 aliphatic heterocycles. The second-order valence-electron chi connectivity index (χ2n) is 3.81. The standard InChI is InChI=1S/C10H10INO4S/c11-8-1-3-9(4-2-8)17(15,16)12-5-7(6-12)10(13)14/h1-4,7H,5-6H2,(H,13,14). The quantitative estimate of drug-likeness (QED) is 0.809. The molecule has 1 aliphatic rings. The largest absolute Gasteiger partial charge is 0.481 e. The molecule has 92 valence electrons. The van der Waals surface area contributed by atoms with Crippen molar-refractivity contribution < 1.29 is 18.3 Å². The van der Waals surface area contributed by atoms with E-state index >= 15 is 0 Å². The molecule has 0 aliphatic carbocycles. The first-order chi connectivity index (χ1) is 7.91. The smallest absolute Gasteiger partial charge is 0.309 e. The molecule has 0 spiro atoms. The van der Waals surface area contributed by atoms with Crippen molar-refractivity contribution in [2.24, 2.45) is 5.92 Å². The van der Waals surface area contributed by atoms with E-state index in [1.165, 1.54) is 16.4 Å². The summed E-state index contributed by atoms with van der Waals surface area (Å²) in [5, 5.41) is 8.70. The molecule has 7 heteroatoms. The molecule has 0 radical (unpaired) electrons. The van der Waals surface area contributed by atoms with Gasteiger partial charge in [0.25, 0.3) is 0 Å². The first-order valence-corrected chi connectivity index (χ1v) is 7.41. The Labute approximate surface area is 113 Å². The Balaban J connectivity index is 2.16. The zero-order valence-electron chi connectivity index (χ0n) is 8.71. The predicted octanol–water partition coefficient (Wildman–Crippen LogP) is 0.996. The molecule has 0 bridgehead atoms. The first kappa shape index (κ1) is 12.8. The molecule has 1 saturated heterocycles. The molecule has 5 nitrogen and oxygen atoms in total. The Bertz CT molecular complexity index is 534. The summed E-state index contributed by atoms with van der Waals surface area (Å²) in [6.07, 6.45) is 0. The highest BCUT2D eigenvalue weighted by atomic mass is 127. The van der Waals surface area contributed by atoms with Crippen LogP contribution >= 0.6 is 22.6 Å². The monoisotopic (exact) mass is 367 g/mol. The van der Waals surface area contributed by atoms with Crippen LogP contribution in [0, 0.1) is 9.49 Å². The molecule has 0 aromatic heterocycles. The van der Waals surface area contributed by atoms with Crippen LogP contribution in [0.3, 0.4) is 0 Å². The van der Waals surface area contributed by atoms with E-state index in [0.29, 0.717) is 0 Å². The third-order valence-corrected chi connectivity index (χ3v) is 5.21. The Morgan fingerprint density at radius 1 is 1.29 bits per heavy atom. The maximum atomic E-state index is 12.0. The SMILES string of the molecule is O=C(O)C1CN(S(=O)(=O)c2ccc(I)cc2)C1. The zero-order valence-corrected chi connectivity index (χ0v) is 11.7. The summed E-state index contributed by atoms with van der Waals surface area (Å²) in [6.45, 7) is 0.118. The number of benzene rings is 1. The van der Waals surface area contributed by atoms with Gasteiger partial charge in [-0.15, -0.1) is 0 Å². The summed E-state index contributed by atoms with van der Waals surface area (Å²) < 4.78 is 26.2. The van der Waals surface area contributed by atoms with E-state index < -0.39 is 21.9 Å². The third-order valence-electron chi connectivity index (χ3n) is 2.65.